The number of benzene rings is 1. The van der Waals surface area contributed by atoms with Crippen molar-refractivity contribution in [1.29, 1.82) is 0 Å². The smallest absolute Gasteiger partial charge is 0.170 e. The topological polar surface area (TPSA) is 37.8 Å². The lowest BCUT2D eigenvalue weighted by Crippen LogP contribution is -2.04. The van der Waals surface area contributed by atoms with E-state index in [1.165, 1.54) is 11.5 Å². The Morgan fingerprint density at radius 3 is 2.94 bits per heavy atom. The molecule has 1 aromatic heterocycles. The maximum Gasteiger partial charge on any atom is 0.170 e. The van der Waals surface area contributed by atoms with Gasteiger partial charge in [-0.15, -0.1) is 0 Å². The molecule has 96 valence electrons. The molecule has 1 aromatic carbocycles. The Balaban J connectivity index is 1.74. The number of hydrogen-bond donors (Lipinski definition) is 1. The van der Waals surface area contributed by atoms with Gasteiger partial charge < -0.3 is 5.32 Å². The zero-order valence-corrected chi connectivity index (χ0v) is 13.2. The zero-order valence-electron chi connectivity index (χ0n) is 10.0. The second-order valence-electron chi connectivity index (χ2n) is 3.59. The number of anilines is 1. The van der Waals surface area contributed by atoms with Gasteiger partial charge in [-0.05, 0) is 39.6 Å². The molecule has 0 aliphatic rings. The van der Waals surface area contributed by atoms with Gasteiger partial charge in [-0.1, -0.05) is 30.8 Å². The first-order valence-electron chi connectivity index (χ1n) is 5.73. The molecule has 0 aliphatic heterocycles. The van der Waals surface area contributed by atoms with E-state index in [-0.39, 0.29) is 0 Å². The van der Waals surface area contributed by atoms with E-state index >= 15 is 0 Å². The minimum absolute atomic E-state index is 0.909. The summed E-state index contributed by atoms with van der Waals surface area (Å²) >= 11 is 6.75. The molecule has 0 unspecified atom stereocenters. The van der Waals surface area contributed by atoms with Crippen LogP contribution in [-0.4, -0.2) is 21.7 Å². The molecule has 0 saturated carbocycles. The molecular formula is C12H14BrN3S2. The van der Waals surface area contributed by atoms with Gasteiger partial charge in [-0.2, -0.15) is 4.37 Å². The molecule has 0 amide bonds. The second kappa shape index (κ2) is 7.11. The fraction of sp³-hybridized carbons (Fsp3) is 0.333. The highest BCUT2D eigenvalue weighted by molar-refractivity contribution is 9.10. The van der Waals surface area contributed by atoms with E-state index in [9.17, 15) is 0 Å². The van der Waals surface area contributed by atoms with E-state index < -0.39 is 0 Å². The molecule has 0 aliphatic carbocycles. The summed E-state index contributed by atoms with van der Waals surface area (Å²) < 4.78 is 6.42. The van der Waals surface area contributed by atoms with E-state index in [0.29, 0.717) is 0 Å². The molecule has 2 aromatic rings. The monoisotopic (exact) mass is 343 g/mol. The number of aryl methyl sites for hydroxylation is 1. The molecule has 0 atom stereocenters. The molecule has 1 heterocycles. The van der Waals surface area contributed by atoms with Crippen LogP contribution in [0.1, 0.15) is 12.7 Å². The lowest BCUT2D eigenvalue weighted by molar-refractivity contribution is 0.971. The molecular weight excluding hydrogens is 330 g/mol. The number of para-hydroxylation sites is 1. The predicted octanol–water partition coefficient (Wildman–Crippen LogP) is 4.07. The lowest BCUT2D eigenvalue weighted by Gasteiger charge is -2.06. The van der Waals surface area contributed by atoms with E-state index in [1.807, 2.05) is 18.2 Å². The molecule has 0 fully saturated rings. The lowest BCUT2D eigenvalue weighted by atomic mass is 10.3. The third-order valence-electron chi connectivity index (χ3n) is 2.28. The third kappa shape index (κ3) is 3.96. The number of thioether (sulfide) groups is 1. The van der Waals surface area contributed by atoms with Gasteiger partial charge in [-0.3, -0.25) is 0 Å². The summed E-state index contributed by atoms with van der Waals surface area (Å²) in [7, 11) is 0. The van der Waals surface area contributed by atoms with Crippen LogP contribution in [0.15, 0.2) is 33.1 Å². The van der Waals surface area contributed by atoms with Crippen molar-refractivity contribution in [2.75, 3.05) is 17.6 Å². The van der Waals surface area contributed by atoms with Crippen molar-refractivity contribution >= 4 is 44.9 Å². The first-order valence-corrected chi connectivity index (χ1v) is 8.28. The van der Waals surface area contributed by atoms with Crippen LogP contribution < -0.4 is 5.32 Å². The van der Waals surface area contributed by atoms with Gasteiger partial charge in [0.15, 0.2) is 4.34 Å². The Hall–Kier alpha value is -0.590. The van der Waals surface area contributed by atoms with Crippen molar-refractivity contribution < 1.29 is 0 Å². The highest BCUT2D eigenvalue weighted by Crippen LogP contribution is 2.23. The predicted molar refractivity (Wildman–Crippen MR) is 82.6 cm³/mol. The number of halogens is 1. The van der Waals surface area contributed by atoms with E-state index in [4.69, 9.17) is 0 Å². The van der Waals surface area contributed by atoms with Crippen LogP contribution in [-0.2, 0) is 6.42 Å². The summed E-state index contributed by atoms with van der Waals surface area (Å²) in [5.41, 5.74) is 1.13. The molecule has 3 nitrogen and oxygen atoms in total. The van der Waals surface area contributed by atoms with Crippen LogP contribution >= 0.6 is 39.2 Å². The Bertz CT molecular complexity index is 502. The third-order valence-corrected chi connectivity index (χ3v) is 4.85. The fourth-order valence-electron chi connectivity index (χ4n) is 1.37. The summed E-state index contributed by atoms with van der Waals surface area (Å²) in [6.07, 6.45) is 0.909. The first-order chi connectivity index (χ1) is 8.79. The maximum absolute atomic E-state index is 4.42. The van der Waals surface area contributed by atoms with Gasteiger partial charge in [0.05, 0.1) is 0 Å². The normalized spacial score (nSPS) is 10.6. The summed E-state index contributed by atoms with van der Waals surface area (Å²) in [6, 6.07) is 8.14. The standard InChI is InChI=1S/C12H14BrN3S2/c1-2-11-15-12(18-16-11)17-8-7-14-10-6-4-3-5-9(10)13/h3-6,14H,2,7-8H2,1H3. The van der Waals surface area contributed by atoms with Crippen molar-refractivity contribution in [3.8, 4) is 0 Å². The Labute approximate surface area is 124 Å². The molecule has 0 bridgehead atoms. The molecule has 1 N–H and O–H groups in total. The maximum atomic E-state index is 4.42. The molecule has 18 heavy (non-hydrogen) atoms. The van der Waals surface area contributed by atoms with Crippen molar-refractivity contribution in [1.82, 2.24) is 9.36 Å². The average molecular weight is 344 g/mol. The highest BCUT2D eigenvalue weighted by atomic mass is 79.9. The van der Waals surface area contributed by atoms with Crippen LogP contribution in [0.3, 0.4) is 0 Å². The number of hydrogen-bond acceptors (Lipinski definition) is 5. The van der Waals surface area contributed by atoms with Gasteiger partial charge in [0, 0.05) is 28.9 Å². The van der Waals surface area contributed by atoms with Crippen LogP contribution in [0.4, 0.5) is 5.69 Å². The number of rotatable bonds is 6. The van der Waals surface area contributed by atoms with Crippen LogP contribution in [0.5, 0.6) is 0 Å². The van der Waals surface area contributed by atoms with Crippen LogP contribution in [0.25, 0.3) is 0 Å². The van der Waals surface area contributed by atoms with Crippen LogP contribution in [0, 0.1) is 0 Å². The van der Waals surface area contributed by atoms with E-state index in [1.54, 1.807) is 11.8 Å². The molecule has 0 saturated heterocycles. The summed E-state index contributed by atoms with van der Waals surface area (Å²) in [6.45, 7) is 2.99. The number of nitrogens with zero attached hydrogens (tertiary/aromatic N) is 2. The highest BCUT2D eigenvalue weighted by Gasteiger charge is 2.02. The van der Waals surface area contributed by atoms with Crippen molar-refractivity contribution in [2.45, 2.75) is 17.7 Å². The van der Waals surface area contributed by atoms with Crippen molar-refractivity contribution in [2.24, 2.45) is 0 Å². The van der Waals surface area contributed by atoms with E-state index in [2.05, 4.69) is 43.6 Å². The summed E-state index contributed by atoms with van der Waals surface area (Å²) in [5.74, 6) is 1.93. The second-order valence-corrected chi connectivity index (χ2v) is 6.53. The van der Waals surface area contributed by atoms with Gasteiger partial charge in [0.2, 0.25) is 0 Å². The first kappa shape index (κ1) is 13.8. The Morgan fingerprint density at radius 1 is 1.39 bits per heavy atom. The van der Waals surface area contributed by atoms with Crippen molar-refractivity contribution in [3.63, 3.8) is 0 Å². The van der Waals surface area contributed by atoms with Gasteiger partial charge in [0.25, 0.3) is 0 Å². The minimum atomic E-state index is 0.909. The molecule has 6 heteroatoms. The zero-order chi connectivity index (χ0) is 12.8. The Kier molecular flexibility index (Phi) is 5.46. The fourth-order valence-corrected chi connectivity index (χ4v) is 3.41. The van der Waals surface area contributed by atoms with Gasteiger partial charge in [-0.25, -0.2) is 4.98 Å². The Morgan fingerprint density at radius 2 is 2.22 bits per heavy atom. The molecule has 0 spiro atoms. The van der Waals surface area contributed by atoms with Gasteiger partial charge >= 0.3 is 0 Å². The largest absolute Gasteiger partial charge is 0.383 e. The van der Waals surface area contributed by atoms with Crippen LogP contribution in [0.2, 0.25) is 0 Å². The minimum Gasteiger partial charge on any atom is -0.383 e. The quantitative estimate of drug-likeness (QED) is 0.633. The molecule has 0 radical (unpaired) electrons. The summed E-state index contributed by atoms with van der Waals surface area (Å²) in [5, 5.41) is 3.39. The van der Waals surface area contributed by atoms with Crippen molar-refractivity contribution in [3.05, 3.63) is 34.6 Å². The average Bonchev–Trinajstić information content (AvgIpc) is 2.84. The molecule has 2 rings (SSSR count). The SMILES string of the molecule is CCc1nsc(SCCNc2ccccc2Br)n1. The van der Waals surface area contributed by atoms with E-state index in [0.717, 1.165) is 39.0 Å². The number of nitrogens with one attached hydrogen (secondary N) is 1. The number of aromatic nitrogens is 2. The summed E-state index contributed by atoms with van der Waals surface area (Å²) in [4.78, 5) is 4.42. The van der Waals surface area contributed by atoms with Gasteiger partial charge in [0.1, 0.15) is 5.82 Å².